The lowest BCUT2D eigenvalue weighted by Crippen LogP contribution is -2.33. The first-order valence-corrected chi connectivity index (χ1v) is 7.97. The van der Waals surface area contributed by atoms with Crippen molar-refractivity contribution in [1.82, 2.24) is 5.32 Å². The minimum absolute atomic E-state index is 0.0147. The van der Waals surface area contributed by atoms with E-state index in [2.05, 4.69) is 40.1 Å². The van der Waals surface area contributed by atoms with Crippen LogP contribution >= 0.6 is 34.8 Å². The van der Waals surface area contributed by atoms with Gasteiger partial charge in [-0.1, -0.05) is 26.2 Å². The zero-order valence-electron chi connectivity index (χ0n) is 11.0. The molecule has 0 spiro atoms. The predicted molar refractivity (Wildman–Crippen MR) is 92.3 cm³/mol. The van der Waals surface area contributed by atoms with E-state index in [4.69, 9.17) is 12.2 Å². The van der Waals surface area contributed by atoms with Crippen LogP contribution in [0.3, 0.4) is 0 Å². The van der Waals surface area contributed by atoms with Crippen LogP contribution < -0.4 is 10.6 Å². The van der Waals surface area contributed by atoms with Crippen LogP contribution in [0.25, 0.3) is 0 Å². The maximum Gasteiger partial charge on any atom is 0.226 e. The third kappa shape index (κ3) is 7.47. The van der Waals surface area contributed by atoms with Gasteiger partial charge in [0.05, 0.1) is 0 Å². The van der Waals surface area contributed by atoms with Crippen LogP contribution in [0.2, 0.25) is 0 Å². The smallest absolute Gasteiger partial charge is 0.226 e. The van der Waals surface area contributed by atoms with E-state index in [0.717, 1.165) is 22.1 Å². The maximum atomic E-state index is 11.6. The molecule has 0 aromatic heterocycles. The van der Waals surface area contributed by atoms with E-state index in [1.54, 1.807) is 0 Å². The van der Waals surface area contributed by atoms with Gasteiger partial charge in [-0.3, -0.25) is 4.79 Å². The molecule has 3 nitrogen and oxygen atoms in total. The summed E-state index contributed by atoms with van der Waals surface area (Å²) in [5.41, 5.74) is 0.886. The van der Waals surface area contributed by atoms with Crippen LogP contribution in [-0.2, 0) is 4.79 Å². The van der Waals surface area contributed by atoms with E-state index in [0.29, 0.717) is 11.5 Å². The molecule has 0 saturated heterocycles. The van der Waals surface area contributed by atoms with Crippen LogP contribution in [-0.4, -0.2) is 11.0 Å². The highest BCUT2D eigenvalue weighted by atomic mass is 127. The number of hydrogen-bond donors (Lipinski definition) is 2. The highest BCUT2D eigenvalue weighted by molar-refractivity contribution is 14.1. The van der Waals surface area contributed by atoms with Gasteiger partial charge in [0.2, 0.25) is 5.91 Å². The second-order valence-corrected chi connectivity index (χ2v) is 5.97. The van der Waals surface area contributed by atoms with Crippen molar-refractivity contribution >= 4 is 51.5 Å². The predicted octanol–water partition coefficient (Wildman–Crippen LogP) is 4.07. The van der Waals surface area contributed by atoms with Crippen molar-refractivity contribution in [2.24, 2.45) is 0 Å². The Morgan fingerprint density at radius 2 is 1.89 bits per heavy atom. The average molecular weight is 390 g/mol. The Balaban J connectivity index is 2.26. The highest BCUT2D eigenvalue weighted by Gasteiger charge is 2.04. The number of hydrogen-bond acceptors (Lipinski definition) is 2. The van der Waals surface area contributed by atoms with Crippen molar-refractivity contribution < 1.29 is 4.79 Å². The number of amides is 1. The van der Waals surface area contributed by atoms with Gasteiger partial charge in [0.1, 0.15) is 0 Å². The summed E-state index contributed by atoms with van der Waals surface area (Å²) in [7, 11) is 0. The molecule has 0 heterocycles. The Morgan fingerprint density at radius 3 is 2.53 bits per heavy atom. The van der Waals surface area contributed by atoms with Gasteiger partial charge in [0.25, 0.3) is 0 Å². The first-order valence-electron chi connectivity index (χ1n) is 6.48. The number of carbonyl (C=O) groups excluding carboxylic acids is 1. The topological polar surface area (TPSA) is 41.1 Å². The normalized spacial score (nSPS) is 10.0. The minimum Gasteiger partial charge on any atom is -0.332 e. The van der Waals surface area contributed by atoms with Gasteiger partial charge >= 0.3 is 0 Å². The van der Waals surface area contributed by atoms with Crippen LogP contribution in [0.15, 0.2) is 24.3 Å². The summed E-state index contributed by atoms with van der Waals surface area (Å²) in [6.07, 6.45) is 4.91. The van der Waals surface area contributed by atoms with Crippen LogP contribution in [0.4, 0.5) is 5.69 Å². The first-order chi connectivity index (χ1) is 9.11. The van der Waals surface area contributed by atoms with Gasteiger partial charge in [0.15, 0.2) is 5.11 Å². The number of benzene rings is 1. The SMILES string of the molecule is CCCCCCC(=O)NC(=S)Nc1ccc(I)cc1. The standard InChI is InChI=1S/C14H19IN2OS/c1-2-3-4-5-6-13(18)17-14(19)16-12-9-7-11(15)8-10-12/h7-10H,2-6H2,1H3,(H2,16,17,18,19). The second-order valence-electron chi connectivity index (χ2n) is 4.32. The van der Waals surface area contributed by atoms with Gasteiger partial charge in [-0.25, -0.2) is 0 Å². The van der Waals surface area contributed by atoms with Crippen molar-refractivity contribution in [2.45, 2.75) is 39.0 Å². The number of rotatable bonds is 6. The fraction of sp³-hybridized carbons (Fsp3) is 0.429. The molecule has 0 radical (unpaired) electrons. The first kappa shape index (κ1) is 16.4. The van der Waals surface area contributed by atoms with Gasteiger partial charge in [-0.05, 0) is 65.5 Å². The maximum absolute atomic E-state index is 11.6. The molecule has 104 valence electrons. The van der Waals surface area contributed by atoms with Gasteiger partial charge < -0.3 is 10.6 Å². The summed E-state index contributed by atoms with van der Waals surface area (Å²) in [5, 5.41) is 6.06. The molecule has 1 amide bonds. The average Bonchev–Trinajstić information content (AvgIpc) is 2.37. The second kappa shape index (κ2) is 9.25. The van der Waals surface area contributed by atoms with Crippen molar-refractivity contribution in [3.8, 4) is 0 Å². The van der Waals surface area contributed by atoms with Crippen molar-refractivity contribution in [3.05, 3.63) is 27.8 Å². The van der Waals surface area contributed by atoms with Crippen LogP contribution in [0, 0.1) is 3.57 Å². The van der Waals surface area contributed by atoms with E-state index >= 15 is 0 Å². The lowest BCUT2D eigenvalue weighted by molar-refractivity contribution is -0.119. The molecule has 0 unspecified atom stereocenters. The fourth-order valence-corrected chi connectivity index (χ4v) is 2.19. The number of unbranched alkanes of at least 4 members (excludes halogenated alkanes) is 3. The molecule has 5 heteroatoms. The molecular formula is C14H19IN2OS. The van der Waals surface area contributed by atoms with E-state index in [1.165, 1.54) is 12.8 Å². The van der Waals surface area contributed by atoms with Crippen molar-refractivity contribution in [2.75, 3.05) is 5.32 Å². The highest BCUT2D eigenvalue weighted by Crippen LogP contribution is 2.10. The number of carbonyl (C=O) groups is 1. The third-order valence-electron chi connectivity index (χ3n) is 2.61. The molecule has 2 N–H and O–H groups in total. The summed E-state index contributed by atoms with van der Waals surface area (Å²) in [5.74, 6) is -0.0147. The Hall–Kier alpha value is -0.690. The molecule has 0 atom stereocenters. The van der Waals surface area contributed by atoms with Gasteiger partial charge in [-0.2, -0.15) is 0 Å². The van der Waals surface area contributed by atoms with E-state index in [-0.39, 0.29) is 5.91 Å². The number of nitrogens with one attached hydrogen (secondary N) is 2. The zero-order chi connectivity index (χ0) is 14.1. The Morgan fingerprint density at radius 1 is 1.21 bits per heavy atom. The molecule has 19 heavy (non-hydrogen) atoms. The van der Waals surface area contributed by atoms with Crippen LogP contribution in [0.1, 0.15) is 39.0 Å². The summed E-state index contributed by atoms with van der Waals surface area (Å²) < 4.78 is 1.16. The molecule has 1 aromatic rings. The Kier molecular flexibility index (Phi) is 7.97. The summed E-state index contributed by atoms with van der Waals surface area (Å²) in [6.45, 7) is 2.15. The summed E-state index contributed by atoms with van der Waals surface area (Å²) >= 11 is 7.34. The van der Waals surface area contributed by atoms with Crippen molar-refractivity contribution in [3.63, 3.8) is 0 Å². The lowest BCUT2D eigenvalue weighted by Gasteiger charge is -2.09. The molecule has 0 fully saturated rings. The molecule has 0 aliphatic heterocycles. The molecule has 0 aliphatic rings. The molecule has 1 aromatic carbocycles. The van der Waals surface area contributed by atoms with E-state index < -0.39 is 0 Å². The number of thiocarbonyl (C=S) groups is 1. The monoisotopic (exact) mass is 390 g/mol. The quantitative estimate of drug-likeness (QED) is 0.437. The minimum atomic E-state index is -0.0147. The Labute approximate surface area is 133 Å². The van der Waals surface area contributed by atoms with Gasteiger partial charge in [-0.15, -0.1) is 0 Å². The molecule has 0 bridgehead atoms. The molecule has 0 aliphatic carbocycles. The van der Waals surface area contributed by atoms with Crippen LogP contribution in [0.5, 0.6) is 0 Å². The van der Waals surface area contributed by atoms with Gasteiger partial charge in [0, 0.05) is 15.7 Å². The molecule has 0 saturated carbocycles. The number of halogens is 1. The third-order valence-corrected chi connectivity index (χ3v) is 3.54. The zero-order valence-corrected chi connectivity index (χ0v) is 14.0. The summed E-state index contributed by atoms with van der Waals surface area (Å²) in [6, 6.07) is 7.83. The molecular weight excluding hydrogens is 371 g/mol. The molecule has 1 rings (SSSR count). The Bertz CT molecular complexity index is 420. The van der Waals surface area contributed by atoms with E-state index in [9.17, 15) is 4.79 Å². The van der Waals surface area contributed by atoms with E-state index in [1.807, 2.05) is 24.3 Å². The lowest BCUT2D eigenvalue weighted by atomic mass is 10.1. The number of anilines is 1. The largest absolute Gasteiger partial charge is 0.332 e. The fourth-order valence-electron chi connectivity index (χ4n) is 1.60. The van der Waals surface area contributed by atoms with Crippen molar-refractivity contribution in [1.29, 1.82) is 0 Å². The summed E-state index contributed by atoms with van der Waals surface area (Å²) in [4.78, 5) is 11.6.